The van der Waals surface area contributed by atoms with Crippen LogP contribution in [0.1, 0.15) is 6.42 Å². The highest BCUT2D eigenvalue weighted by Crippen LogP contribution is 1.88. The van der Waals surface area contributed by atoms with E-state index in [4.69, 9.17) is 0 Å². The predicted molar refractivity (Wildman–Crippen MR) is 59.7 cm³/mol. The van der Waals surface area contributed by atoms with E-state index in [2.05, 4.69) is 25.2 Å². The van der Waals surface area contributed by atoms with Crippen LogP contribution in [0, 0.1) is 0 Å². The number of aromatic nitrogens is 5. The molecular weight excluding hydrogens is 204 g/mol. The van der Waals surface area contributed by atoms with Crippen molar-refractivity contribution in [1.29, 1.82) is 0 Å². The van der Waals surface area contributed by atoms with Crippen LogP contribution in [-0.2, 0) is 13.1 Å². The second kappa shape index (κ2) is 6.02. The molecule has 0 saturated heterocycles. The van der Waals surface area contributed by atoms with E-state index >= 15 is 0 Å². The van der Waals surface area contributed by atoms with Gasteiger partial charge in [-0.3, -0.25) is 4.68 Å². The lowest BCUT2D eigenvalue weighted by Crippen LogP contribution is -2.22. The fraction of sp³-hybridized carbons (Fsp3) is 0.500. The lowest BCUT2D eigenvalue weighted by Gasteiger charge is -2.05. The quantitative estimate of drug-likeness (QED) is 0.675. The van der Waals surface area contributed by atoms with Crippen molar-refractivity contribution in [2.75, 3.05) is 13.1 Å². The molecular formula is C10H16N6. The first kappa shape index (κ1) is 10.8. The lowest BCUT2D eigenvalue weighted by molar-refractivity contribution is 0.519. The molecule has 0 bridgehead atoms. The van der Waals surface area contributed by atoms with Crippen molar-refractivity contribution >= 4 is 0 Å². The number of nitrogens with one attached hydrogen (secondary N) is 1. The van der Waals surface area contributed by atoms with E-state index in [1.54, 1.807) is 12.4 Å². The zero-order chi connectivity index (χ0) is 11.1. The van der Waals surface area contributed by atoms with Crippen molar-refractivity contribution in [3.63, 3.8) is 0 Å². The molecule has 0 unspecified atom stereocenters. The Morgan fingerprint density at radius 2 is 2.06 bits per heavy atom. The second-order valence-electron chi connectivity index (χ2n) is 3.57. The van der Waals surface area contributed by atoms with Crippen molar-refractivity contribution in [3.05, 3.63) is 31.1 Å². The number of hydrogen-bond donors (Lipinski definition) is 1. The van der Waals surface area contributed by atoms with E-state index in [9.17, 15) is 0 Å². The summed E-state index contributed by atoms with van der Waals surface area (Å²) in [6, 6.07) is 0. The molecule has 1 N–H and O–H groups in total. The van der Waals surface area contributed by atoms with Gasteiger partial charge >= 0.3 is 0 Å². The largest absolute Gasteiger partial charge is 0.337 e. The van der Waals surface area contributed by atoms with Crippen LogP contribution in [0.5, 0.6) is 0 Å². The highest BCUT2D eigenvalue weighted by atomic mass is 15.4. The van der Waals surface area contributed by atoms with Gasteiger partial charge in [-0.2, -0.15) is 0 Å². The number of rotatable bonds is 7. The van der Waals surface area contributed by atoms with Crippen LogP contribution in [0.3, 0.4) is 0 Å². The summed E-state index contributed by atoms with van der Waals surface area (Å²) in [4.78, 5) is 4.00. The predicted octanol–water partition coefficient (Wildman–Crippen LogP) is 0.154. The molecule has 2 heterocycles. The molecule has 0 atom stereocenters. The maximum atomic E-state index is 4.00. The Morgan fingerprint density at radius 3 is 2.81 bits per heavy atom. The SMILES string of the molecule is c1cn(CCCNCCn2ccnn2)cn1. The first-order valence-corrected chi connectivity index (χ1v) is 5.46. The third kappa shape index (κ3) is 3.47. The molecule has 6 nitrogen and oxygen atoms in total. The van der Waals surface area contributed by atoms with Gasteiger partial charge in [-0.05, 0) is 13.0 Å². The van der Waals surface area contributed by atoms with Crippen LogP contribution < -0.4 is 5.32 Å². The molecule has 86 valence electrons. The summed E-state index contributed by atoms with van der Waals surface area (Å²) in [5, 5.41) is 11.0. The minimum atomic E-state index is 0.866. The highest BCUT2D eigenvalue weighted by molar-refractivity contribution is 4.73. The van der Waals surface area contributed by atoms with Crippen molar-refractivity contribution in [2.45, 2.75) is 19.5 Å². The monoisotopic (exact) mass is 220 g/mol. The molecule has 2 aromatic rings. The van der Waals surface area contributed by atoms with Gasteiger partial charge < -0.3 is 9.88 Å². The standard InChI is InChI=1S/C10H16N6/c1(6-15-7-3-12-10-15)2-11-4-8-16-9-5-13-14-16/h3,5,7,9-11H,1-2,4,6,8H2. The Bertz CT molecular complexity index is 328. The first-order chi connectivity index (χ1) is 7.95. The summed E-state index contributed by atoms with van der Waals surface area (Å²) in [6.07, 6.45) is 10.3. The van der Waals surface area contributed by atoms with Crippen molar-refractivity contribution < 1.29 is 0 Å². The molecule has 0 aliphatic carbocycles. The first-order valence-electron chi connectivity index (χ1n) is 5.46. The summed E-state index contributed by atoms with van der Waals surface area (Å²) in [5.74, 6) is 0. The highest BCUT2D eigenvalue weighted by Gasteiger charge is 1.92. The molecule has 0 amide bonds. The maximum absolute atomic E-state index is 4.00. The van der Waals surface area contributed by atoms with Gasteiger partial charge in [0.15, 0.2) is 0 Å². The van der Waals surface area contributed by atoms with Gasteiger partial charge in [-0.15, -0.1) is 5.10 Å². The smallest absolute Gasteiger partial charge is 0.0945 e. The van der Waals surface area contributed by atoms with E-state index < -0.39 is 0 Å². The minimum absolute atomic E-state index is 0.866. The number of hydrogen-bond acceptors (Lipinski definition) is 4. The van der Waals surface area contributed by atoms with Gasteiger partial charge in [0.05, 0.1) is 19.1 Å². The Labute approximate surface area is 94.3 Å². The van der Waals surface area contributed by atoms with Crippen LogP contribution >= 0.6 is 0 Å². The number of nitrogens with zero attached hydrogens (tertiary/aromatic N) is 5. The van der Waals surface area contributed by atoms with E-state index in [-0.39, 0.29) is 0 Å². The summed E-state index contributed by atoms with van der Waals surface area (Å²) in [7, 11) is 0. The van der Waals surface area contributed by atoms with Crippen molar-refractivity contribution in [2.24, 2.45) is 0 Å². The zero-order valence-corrected chi connectivity index (χ0v) is 9.16. The average Bonchev–Trinajstić information content (AvgIpc) is 2.96. The van der Waals surface area contributed by atoms with E-state index in [1.807, 2.05) is 23.4 Å². The molecule has 0 spiro atoms. The van der Waals surface area contributed by atoms with E-state index in [0.717, 1.165) is 32.6 Å². The van der Waals surface area contributed by atoms with Crippen LogP contribution in [0.4, 0.5) is 0 Å². The fourth-order valence-electron chi connectivity index (χ4n) is 1.48. The zero-order valence-electron chi connectivity index (χ0n) is 9.16. The minimum Gasteiger partial charge on any atom is -0.337 e. The van der Waals surface area contributed by atoms with Crippen LogP contribution in [0.15, 0.2) is 31.1 Å². The Morgan fingerprint density at radius 1 is 1.06 bits per heavy atom. The van der Waals surface area contributed by atoms with Crippen LogP contribution in [-0.4, -0.2) is 37.6 Å². The van der Waals surface area contributed by atoms with Gasteiger partial charge in [0.25, 0.3) is 0 Å². The van der Waals surface area contributed by atoms with Crippen LogP contribution in [0.2, 0.25) is 0 Å². The fourth-order valence-corrected chi connectivity index (χ4v) is 1.48. The third-order valence-corrected chi connectivity index (χ3v) is 2.32. The molecule has 16 heavy (non-hydrogen) atoms. The molecule has 0 saturated carbocycles. The Balaban J connectivity index is 1.49. The molecule has 2 rings (SSSR count). The molecule has 0 aromatic carbocycles. The van der Waals surface area contributed by atoms with Gasteiger partial charge in [0, 0.05) is 31.7 Å². The number of aryl methyl sites for hydroxylation is 1. The summed E-state index contributed by atoms with van der Waals surface area (Å²) in [6.45, 7) is 3.81. The summed E-state index contributed by atoms with van der Waals surface area (Å²) < 4.78 is 3.90. The third-order valence-electron chi connectivity index (χ3n) is 2.32. The maximum Gasteiger partial charge on any atom is 0.0945 e. The number of imidazole rings is 1. The van der Waals surface area contributed by atoms with E-state index in [0.29, 0.717) is 0 Å². The Hall–Kier alpha value is -1.69. The molecule has 0 aliphatic heterocycles. The van der Waals surface area contributed by atoms with Gasteiger partial charge in [-0.1, -0.05) is 5.21 Å². The van der Waals surface area contributed by atoms with Crippen molar-refractivity contribution in [1.82, 2.24) is 29.9 Å². The molecule has 6 heteroatoms. The van der Waals surface area contributed by atoms with Crippen molar-refractivity contribution in [3.8, 4) is 0 Å². The second-order valence-corrected chi connectivity index (χ2v) is 3.57. The molecule has 0 aliphatic rings. The molecule has 0 fully saturated rings. The van der Waals surface area contributed by atoms with Gasteiger partial charge in [0.1, 0.15) is 0 Å². The average molecular weight is 220 g/mol. The Kier molecular flexibility index (Phi) is 4.07. The topological polar surface area (TPSA) is 60.6 Å². The summed E-state index contributed by atoms with van der Waals surface area (Å²) in [5.41, 5.74) is 0. The van der Waals surface area contributed by atoms with Gasteiger partial charge in [-0.25, -0.2) is 4.98 Å². The molecule has 0 radical (unpaired) electrons. The van der Waals surface area contributed by atoms with Gasteiger partial charge in [0.2, 0.25) is 0 Å². The normalized spacial score (nSPS) is 10.8. The lowest BCUT2D eigenvalue weighted by atomic mass is 10.4. The van der Waals surface area contributed by atoms with E-state index in [1.165, 1.54) is 0 Å². The van der Waals surface area contributed by atoms with Crippen LogP contribution in [0.25, 0.3) is 0 Å². The summed E-state index contributed by atoms with van der Waals surface area (Å²) >= 11 is 0. The molecule has 2 aromatic heterocycles.